The Hall–Kier alpha value is -1.76. The quantitative estimate of drug-likeness (QED) is 0.778. The van der Waals surface area contributed by atoms with E-state index in [1.54, 1.807) is 6.07 Å². The molecule has 7 heteroatoms. The van der Waals surface area contributed by atoms with E-state index in [1.807, 2.05) is 12.1 Å². The zero-order chi connectivity index (χ0) is 20.5. The number of fused-ring (bicyclic) bond motifs is 1. The standard InChI is InChI=1S/C21H32N2O4S/c1-21(2,3)15-11-12-18-17(13-15)23(28(4,25)26)14-19(27-18)20(24)22-16-9-7-5-6-8-10-16/h11-13,16,19H,5-10,14H2,1-4H3,(H,22,24). The molecular weight excluding hydrogens is 376 g/mol. The summed E-state index contributed by atoms with van der Waals surface area (Å²) < 4.78 is 32.1. The Morgan fingerprint density at radius 1 is 1.14 bits per heavy atom. The third kappa shape index (κ3) is 4.80. The minimum atomic E-state index is -3.53. The lowest BCUT2D eigenvalue weighted by molar-refractivity contribution is -0.128. The molecule has 1 heterocycles. The number of carbonyl (C=O) groups is 1. The van der Waals surface area contributed by atoms with Gasteiger partial charge in [-0.1, -0.05) is 52.5 Å². The van der Waals surface area contributed by atoms with E-state index in [0.717, 1.165) is 31.2 Å². The molecule has 1 aromatic rings. The molecule has 1 amide bonds. The highest BCUT2D eigenvalue weighted by Crippen LogP contribution is 2.38. The Morgan fingerprint density at radius 2 is 1.79 bits per heavy atom. The fourth-order valence-corrected chi connectivity index (χ4v) is 4.79. The first-order valence-corrected chi connectivity index (χ1v) is 12.0. The molecule has 1 saturated carbocycles. The van der Waals surface area contributed by atoms with Crippen molar-refractivity contribution in [3.8, 4) is 5.75 Å². The number of hydrogen-bond donors (Lipinski definition) is 1. The van der Waals surface area contributed by atoms with Gasteiger partial charge in [0.2, 0.25) is 10.0 Å². The molecule has 1 atom stereocenters. The van der Waals surface area contributed by atoms with Gasteiger partial charge in [-0.25, -0.2) is 8.42 Å². The molecule has 0 aromatic heterocycles. The first-order chi connectivity index (χ1) is 13.1. The Balaban J connectivity index is 1.84. The van der Waals surface area contributed by atoms with Crippen LogP contribution in [0.2, 0.25) is 0 Å². The minimum Gasteiger partial charge on any atom is -0.476 e. The smallest absolute Gasteiger partial charge is 0.263 e. The van der Waals surface area contributed by atoms with Gasteiger partial charge < -0.3 is 10.1 Å². The normalized spacial score (nSPS) is 21.4. The summed E-state index contributed by atoms with van der Waals surface area (Å²) in [5.41, 5.74) is 1.41. The second-order valence-electron chi connectivity index (χ2n) is 9.03. The first kappa shape index (κ1) is 21.0. The van der Waals surface area contributed by atoms with Gasteiger partial charge in [0.25, 0.3) is 5.91 Å². The summed E-state index contributed by atoms with van der Waals surface area (Å²) in [6.45, 7) is 6.22. The van der Waals surface area contributed by atoms with Crippen LogP contribution in [0, 0.1) is 0 Å². The molecule has 1 aliphatic heterocycles. The molecule has 28 heavy (non-hydrogen) atoms. The van der Waals surface area contributed by atoms with Gasteiger partial charge in [-0.05, 0) is 36.0 Å². The van der Waals surface area contributed by atoms with Crippen LogP contribution < -0.4 is 14.4 Å². The summed E-state index contributed by atoms with van der Waals surface area (Å²) >= 11 is 0. The monoisotopic (exact) mass is 408 g/mol. The fourth-order valence-electron chi connectivity index (χ4n) is 3.89. The van der Waals surface area contributed by atoms with Gasteiger partial charge in [0, 0.05) is 6.04 Å². The van der Waals surface area contributed by atoms with Gasteiger partial charge in [-0.3, -0.25) is 9.10 Å². The van der Waals surface area contributed by atoms with Crippen LogP contribution >= 0.6 is 0 Å². The van der Waals surface area contributed by atoms with Crippen molar-refractivity contribution < 1.29 is 17.9 Å². The lowest BCUT2D eigenvalue weighted by Crippen LogP contribution is -2.52. The number of amides is 1. The van der Waals surface area contributed by atoms with Crippen molar-refractivity contribution in [3.05, 3.63) is 23.8 Å². The lowest BCUT2D eigenvalue weighted by Gasteiger charge is -2.35. The molecule has 0 spiro atoms. The summed E-state index contributed by atoms with van der Waals surface area (Å²) in [7, 11) is -3.53. The molecule has 156 valence electrons. The Kier molecular flexibility index (Phi) is 5.94. The van der Waals surface area contributed by atoms with Crippen molar-refractivity contribution in [2.24, 2.45) is 0 Å². The van der Waals surface area contributed by atoms with E-state index < -0.39 is 16.1 Å². The predicted molar refractivity (Wildman–Crippen MR) is 111 cm³/mol. The van der Waals surface area contributed by atoms with Crippen LogP contribution in [0.1, 0.15) is 64.9 Å². The van der Waals surface area contributed by atoms with Gasteiger partial charge in [0.05, 0.1) is 18.5 Å². The SMILES string of the molecule is CC(C)(C)c1ccc2c(c1)N(S(C)(=O)=O)CC(C(=O)NC1CCCCCC1)O2. The van der Waals surface area contributed by atoms with Crippen LogP contribution in [0.3, 0.4) is 0 Å². The molecule has 6 nitrogen and oxygen atoms in total. The first-order valence-electron chi connectivity index (χ1n) is 10.1. The minimum absolute atomic E-state index is 0.00200. The van der Waals surface area contributed by atoms with E-state index in [2.05, 4.69) is 26.1 Å². The topological polar surface area (TPSA) is 75.7 Å². The number of rotatable bonds is 3. The van der Waals surface area contributed by atoms with Crippen LogP contribution in [0.25, 0.3) is 0 Å². The maximum absolute atomic E-state index is 12.8. The van der Waals surface area contributed by atoms with E-state index >= 15 is 0 Å². The molecule has 0 radical (unpaired) electrons. The van der Waals surface area contributed by atoms with E-state index in [0.29, 0.717) is 11.4 Å². The molecule has 1 N–H and O–H groups in total. The highest BCUT2D eigenvalue weighted by atomic mass is 32.2. The van der Waals surface area contributed by atoms with Gasteiger partial charge in [-0.2, -0.15) is 0 Å². The number of benzene rings is 1. The van der Waals surface area contributed by atoms with Crippen LogP contribution in [0.15, 0.2) is 18.2 Å². The summed E-state index contributed by atoms with van der Waals surface area (Å²) in [6.07, 6.45) is 6.92. The number of nitrogens with one attached hydrogen (secondary N) is 1. The molecule has 0 saturated heterocycles. The largest absolute Gasteiger partial charge is 0.476 e. The molecule has 1 aliphatic carbocycles. The molecule has 2 aliphatic rings. The number of ether oxygens (including phenoxy) is 1. The number of hydrogen-bond acceptors (Lipinski definition) is 4. The highest BCUT2D eigenvalue weighted by molar-refractivity contribution is 7.92. The van der Waals surface area contributed by atoms with Crippen molar-refractivity contribution in [1.29, 1.82) is 0 Å². The Morgan fingerprint density at radius 3 is 2.36 bits per heavy atom. The third-order valence-electron chi connectivity index (χ3n) is 5.59. The van der Waals surface area contributed by atoms with Crippen LogP contribution in [-0.2, 0) is 20.2 Å². The van der Waals surface area contributed by atoms with Gasteiger partial charge in [0.15, 0.2) is 6.10 Å². The number of carbonyl (C=O) groups excluding carboxylic acids is 1. The molecule has 1 fully saturated rings. The number of sulfonamides is 1. The maximum Gasteiger partial charge on any atom is 0.263 e. The summed E-state index contributed by atoms with van der Waals surface area (Å²) in [5, 5.41) is 3.08. The average Bonchev–Trinajstić information content (AvgIpc) is 2.87. The molecule has 3 rings (SSSR count). The van der Waals surface area contributed by atoms with Gasteiger partial charge in [0.1, 0.15) is 5.75 Å². The number of nitrogens with zero attached hydrogens (tertiary/aromatic N) is 1. The second-order valence-corrected chi connectivity index (χ2v) is 10.9. The van der Waals surface area contributed by atoms with Gasteiger partial charge in [-0.15, -0.1) is 0 Å². The second kappa shape index (κ2) is 7.93. The molecule has 1 aromatic carbocycles. The average molecular weight is 409 g/mol. The third-order valence-corrected chi connectivity index (χ3v) is 6.74. The zero-order valence-corrected chi connectivity index (χ0v) is 18.1. The van der Waals surface area contributed by atoms with Crippen molar-refractivity contribution in [2.45, 2.75) is 76.9 Å². The van der Waals surface area contributed by atoms with E-state index in [4.69, 9.17) is 4.74 Å². The predicted octanol–water partition coefficient (Wildman–Crippen LogP) is 3.35. The lowest BCUT2D eigenvalue weighted by atomic mass is 9.86. The zero-order valence-electron chi connectivity index (χ0n) is 17.3. The molecule has 1 unspecified atom stereocenters. The van der Waals surface area contributed by atoms with Crippen molar-refractivity contribution in [3.63, 3.8) is 0 Å². The van der Waals surface area contributed by atoms with Crippen LogP contribution in [0.5, 0.6) is 5.75 Å². The number of anilines is 1. The van der Waals surface area contributed by atoms with Crippen molar-refractivity contribution >= 4 is 21.6 Å². The van der Waals surface area contributed by atoms with Gasteiger partial charge >= 0.3 is 0 Å². The van der Waals surface area contributed by atoms with E-state index in [1.165, 1.54) is 23.4 Å². The summed E-state index contributed by atoms with van der Waals surface area (Å²) in [6, 6.07) is 5.72. The Labute approximate surface area is 168 Å². The summed E-state index contributed by atoms with van der Waals surface area (Å²) in [5.74, 6) is 0.205. The maximum atomic E-state index is 12.8. The van der Waals surface area contributed by atoms with Crippen LogP contribution in [0.4, 0.5) is 5.69 Å². The fraction of sp³-hybridized carbons (Fsp3) is 0.667. The van der Waals surface area contributed by atoms with Crippen molar-refractivity contribution in [1.82, 2.24) is 5.32 Å². The van der Waals surface area contributed by atoms with E-state index in [-0.39, 0.29) is 23.9 Å². The molecular formula is C21H32N2O4S. The summed E-state index contributed by atoms with van der Waals surface area (Å²) in [4.78, 5) is 12.8. The van der Waals surface area contributed by atoms with Crippen LogP contribution in [-0.4, -0.2) is 39.3 Å². The van der Waals surface area contributed by atoms with E-state index in [9.17, 15) is 13.2 Å². The Bertz CT molecular complexity index is 821. The molecule has 0 bridgehead atoms. The van der Waals surface area contributed by atoms with Crippen molar-refractivity contribution in [2.75, 3.05) is 17.1 Å². The highest BCUT2D eigenvalue weighted by Gasteiger charge is 2.36.